The Labute approximate surface area is 142 Å². The summed E-state index contributed by atoms with van der Waals surface area (Å²) < 4.78 is 1.75. The maximum Gasteiger partial charge on any atom is 0.283 e. The minimum Gasteiger partial charge on any atom is -0.370 e. The molecule has 5 N–H and O–H groups in total. The lowest BCUT2D eigenvalue weighted by atomic mass is 10.1. The highest BCUT2D eigenvalue weighted by molar-refractivity contribution is 6.02. The van der Waals surface area contributed by atoms with E-state index in [1.165, 1.54) is 12.3 Å². The predicted molar refractivity (Wildman–Crippen MR) is 93.8 cm³/mol. The van der Waals surface area contributed by atoms with Gasteiger partial charge in [0.2, 0.25) is 5.56 Å². The van der Waals surface area contributed by atoms with Crippen molar-refractivity contribution in [1.29, 1.82) is 0 Å². The van der Waals surface area contributed by atoms with Gasteiger partial charge in [-0.15, -0.1) is 0 Å². The maximum absolute atomic E-state index is 12.3. The van der Waals surface area contributed by atoms with E-state index in [-0.39, 0.29) is 17.4 Å². The SMILES string of the molecule is NC(N)=NC(=O)c1cnn(-c2ccc3[nH]c(=O)ccc3c2)c1C1CC1. The minimum absolute atomic E-state index is 0.150. The van der Waals surface area contributed by atoms with Crippen molar-refractivity contribution in [1.82, 2.24) is 14.8 Å². The van der Waals surface area contributed by atoms with Gasteiger partial charge in [-0.25, -0.2) is 4.68 Å². The molecule has 0 unspecified atom stereocenters. The van der Waals surface area contributed by atoms with E-state index in [1.54, 1.807) is 10.7 Å². The van der Waals surface area contributed by atoms with Crippen LogP contribution in [0.4, 0.5) is 0 Å². The normalized spacial score (nSPS) is 13.8. The molecule has 8 nitrogen and oxygen atoms in total. The van der Waals surface area contributed by atoms with Gasteiger partial charge in [0.15, 0.2) is 5.96 Å². The highest BCUT2D eigenvalue weighted by Crippen LogP contribution is 2.42. The van der Waals surface area contributed by atoms with Crippen LogP contribution in [0, 0.1) is 0 Å². The molecule has 3 aromatic rings. The van der Waals surface area contributed by atoms with Crippen LogP contribution in [0.15, 0.2) is 46.3 Å². The number of rotatable bonds is 3. The second kappa shape index (κ2) is 5.59. The van der Waals surface area contributed by atoms with Crippen molar-refractivity contribution in [2.24, 2.45) is 16.5 Å². The number of carbonyl (C=O) groups is 1. The first kappa shape index (κ1) is 15.1. The van der Waals surface area contributed by atoms with Crippen LogP contribution in [0.1, 0.15) is 34.8 Å². The number of fused-ring (bicyclic) bond motifs is 1. The molecule has 4 rings (SSSR count). The molecule has 0 saturated heterocycles. The average Bonchev–Trinajstić information content (AvgIpc) is 3.31. The summed E-state index contributed by atoms with van der Waals surface area (Å²) in [5, 5.41) is 5.25. The number of carbonyl (C=O) groups excluding carboxylic acids is 1. The molecule has 1 aliphatic rings. The fourth-order valence-electron chi connectivity index (χ4n) is 2.93. The number of benzene rings is 1. The second-order valence-corrected chi connectivity index (χ2v) is 6.07. The van der Waals surface area contributed by atoms with E-state index in [0.29, 0.717) is 5.56 Å². The third-order valence-electron chi connectivity index (χ3n) is 4.18. The summed E-state index contributed by atoms with van der Waals surface area (Å²) in [6, 6.07) is 8.82. The van der Waals surface area contributed by atoms with Crippen molar-refractivity contribution >= 4 is 22.8 Å². The predicted octanol–water partition coefficient (Wildman–Crippen LogP) is 1.00. The molecule has 1 aliphatic carbocycles. The number of H-pyrrole nitrogens is 1. The lowest BCUT2D eigenvalue weighted by Gasteiger charge is -2.09. The molecule has 1 fully saturated rings. The number of nitrogens with two attached hydrogens (primary N) is 2. The number of nitrogens with one attached hydrogen (secondary N) is 1. The third-order valence-corrected chi connectivity index (χ3v) is 4.18. The van der Waals surface area contributed by atoms with E-state index >= 15 is 0 Å². The van der Waals surface area contributed by atoms with Gasteiger partial charge in [-0.1, -0.05) is 0 Å². The molecule has 126 valence electrons. The van der Waals surface area contributed by atoms with Crippen LogP contribution in [0.5, 0.6) is 0 Å². The molecule has 0 bridgehead atoms. The summed E-state index contributed by atoms with van der Waals surface area (Å²) in [4.78, 5) is 30.1. The summed E-state index contributed by atoms with van der Waals surface area (Å²) in [5.41, 5.74) is 13.3. The zero-order valence-electron chi connectivity index (χ0n) is 13.3. The fourth-order valence-corrected chi connectivity index (χ4v) is 2.93. The molecule has 8 heteroatoms. The van der Waals surface area contributed by atoms with Gasteiger partial charge in [-0.3, -0.25) is 9.59 Å². The number of aromatic nitrogens is 3. The number of aliphatic imine (C=N–C) groups is 1. The van der Waals surface area contributed by atoms with E-state index in [0.717, 1.165) is 35.1 Å². The monoisotopic (exact) mass is 336 g/mol. The topological polar surface area (TPSA) is 132 Å². The molecule has 2 heterocycles. The minimum atomic E-state index is -0.488. The van der Waals surface area contributed by atoms with Crippen LogP contribution in [-0.4, -0.2) is 26.6 Å². The van der Waals surface area contributed by atoms with Gasteiger partial charge in [-0.2, -0.15) is 10.1 Å². The number of pyridine rings is 1. The summed E-state index contributed by atoms with van der Waals surface area (Å²) in [7, 11) is 0. The van der Waals surface area contributed by atoms with Crippen LogP contribution in [0.25, 0.3) is 16.6 Å². The zero-order chi connectivity index (χ0) is 17.6. The molecule has 2 aromatic heterocycles. The van der Waals surface area contributed by atoms with E-state index in [2.05, 4.69) is 15.1 Å². The second-order valence-electron chi connectivity index (χ2n) is 6.07. The highest BCUT2D eigenvalue weighted by Gasteiger charge is 2.33. The third kappa shape index (κ3) is 2.78. The summed E-state index contributed by atoms with van der Waals surface area (Å²) in [6.07, 6.45) is 3.49. The Balaban J connectivity index is 1.84. The number of hydrogen-bond donors (Lipinski definition) is 3. The first-order valence-electron chi connectivity index (χ1n) is 7.88. The van der Waals surface area contributed by atoms with Gasteiger partial charge in [0, 0.05) is 22.9 Å². The molecule has 1 amide bonds. The zero-order valence-corrected chi connectivity index (χ0v) is 13.3. The molecule has 0 radical (unpaired) electrons. The molecule has 1 aromatic carbocycles. The smallest absolute Gasteiger partial charge is 0.283 e. The number of amides is 1. The van der Waals surface area contributed by atoms with E-state index in [4.69, 9.17) is 11.5 Å². The highest BCUT2D eigenvalue weighted by atomic mass is 16.1. The van der Waals surface area contributed by atoms with Gasteiger partial charge in [0.1, 0.15) is 0 Å². The van der Waals surface area contributed by atoms with Gasteiger partial charge in [-0.05, 0) is 37.1 Å². The Bertz CT molecular complexity index is 1070. The number of guanidine groups is 1. The largest absolute Gasteiger partial charge is 0.370 e. The molecule has 0 spiro atoms. The van der Waals surface area contributed by atoms with Gasteiger partial charge < -0.3 is 16.5 Å². The Morgan fingerprint density at radius 2 is 2.04 bits per heavy atom. The first-order chi connectivity index (χ1) is 12.0. The lowest BCUT2D eigenvalue weighted by molar-refractivity contribution is 0.100. The van der Waals surface area contributed by atoms with Crippen molar-refractivity contribution in [3.05, 3.63) is 58.1 Å². The lowest BCUT2D eigenvalue weighted by Crippen LogP contribution is -2.24. The quantitative estimate of drug-likeness (QED) is 0.485. The van der Waals surface area contributed by atoms with E-state index in [1.807, 2.05) is 18.2 Å². The van der Waals surface area contributed by atoms with Crippen molar-refractivity contribution in [3.8, 4) is 5.69 Å². The number of hydrogen-bond acceptors (Lipinski definition) is 3. The van der Waals surface area contributed by atoms with E-state index in [9.17, 15) is 9.59 Å². The number of nitrogens with zero attached hydrogens (tertiary/aromatic N) is 3. The van der Waals surface area contributed by atoms with Crippen LogP contribution >= 0.6 is 0 Å². The Morgan fingerprint density at radius 3 is 2.76 bits per heavy atom. The standard InChI is InChI=1S/C17H16N6O2/c18-17(19)22-16(25)12-8-20-23(15(12)9-1-2-9)11-4-5-13-10(7-11)3-6-14(24)21-13/h3-9H,1-2H2,(H,21,24)(H4,18,19,22,25). The molecule has 1 saturated carbocycles. The van der Waals surface area contributed by atoms with Crippen molar-refractivity contribution < 1.29 is 4.79 Å². The Kier molecular flexibility index (Phi) is 3.38. The van der Waals surface area contributed by atoms with Gasteiger partial charge in [0.05, 0.1) is 23.1 Å². The van der Waals surface area contributed by atoms with Crippen molar-refractivity contribution in [2.45, 2.75) is 18.8 Å². The summed E-state index contributed by atoms with van der Waals surface area (Å²) >= 11 is 0. The van der Waals surface area contributed by atoms with Crippen LogP contribution < -0.4 is 17.0 Å². The van der Waals surface area contributed by atoms with E-state index < -0.39 is 5.91 Å². The number of aromatic amines is 1. The fraction of sp³-hybridized carbons (Fsp3) is 0.176. The van der Waals surface area contributed by atoms with Crippen LogP contribution in [-0.2, 0) is 0 Å². The van der Waals surface area contributed by atoms with Gasteiger partial charge >= 0.3 is 0 Å². The average molecular weight is 336 g/mol. The van der Waals surface area contributed by atoms with Crippen LogP contribution in [0.3, 0.4) is 0 Å². The summed E-state index contributed by atoms with van der Waals surface area (Å²) in [5.74, 6) is -0.491. The van der Waals surface area contributed by atoms with Crippen molar-refractivity contribution in [3.63, 3.8) is 0 Å². The summed E-state index contributed by atoms with van der Waals surface area (Å²) in [6.45, 7) is 0. The molecule has 0 atom stereocenters. The first-order valence-corrected chi connectivity index (χ1v) is 7.88. The molecule has 0 aliphatic heterocycles. The Hall–Kier alpha value is -3.42. The molecular weight excluding hydrogens is 320 g/mol. The maximum atomic E-state index is 12.3. The molecule has 25 heavy (non-hydrogen) atoms. The molecular formula is C17H16N6O2. The van der Waals surface area contributed by atoms with Crippen molar-refractivity contribution in [2.75, 3.05) is 0 Å². The van der Waals surface area contributed by atoms with Gasteiger partial charge in [0.25, 0.3) is 5.91 Å². The Morgan fingerprint density at radius 1 is 1.24 bits per heavy atom. The van der Waals surface area contributed by atoms with Crippen LogP contribution in [0.2, 0.25) is 0 Å².